The van der Waals surface area contributed by atoms with Crippen molar-refractivity contribution in [3.8, 4) is 0 Å². The Morgan fingerprint density at radius 2 is 1.93 bits per heavy atom. The van der Waals surface area contributed by atoms with Crippen molar-refractivity contribution >= 4 is 17.4 Å². The van der Waals surface area contributed by atoms with Crippen LogP contribution in [0.4, 0.5) is 5.82 Å². The van der Waals surface area contributed by atoms with Gasteiger partial charge in [0.05, 0.1) is 0 Å². The van der Waals surface area contributed by atoms with Crippen LogP contribution in [0.2, 0.25) is 0 Å². The van der Waals surface area contributed by atoms with Crippen LogP contribution in [0.25, 0.3) is 5.65 Å². The standard InChI is InChI=1S/C19H29N7O/c27-19(20-9-4-12-24-10-2-1-3-11-24)16-7-13-25(14-8-16)18-6-5-17-22-21-15-26(17)23-18/h5-6,15-16H,1-4,7-14H2,(H,20,27). The molecule has 27 heavy (non-hydrogen) atoms. The van der Waals surface area contributed by atoms with Crippen LogP contribution in [0.5, 0.6) is 0 Å². The molecule has 2 aliphatic heterocycles. The molecule has 146 valence electrons. The molecule has 1 amide bonds. The summed E-state index contributed by atoms with van der Waals surface area (Å²) in [4.78, 5) is 17.2. The first-order chi connectivity index (χ1) is 13.3. The molecule has 2 fully saturated rings. The van der Waals surface area contributed by atoms with Gasteiger partial charge in [-0.15, -0.1) is 15.3 Å². The third-order valence-corrected chi connectivity index (χ3v) is 5.74. The van der Waals surface area contributed by atoms with Crippen LogP contribution in [0.15, 0.2) is 18.5 Å². The Bertz CT molecular complexity index is 747. The summed E-state index contributed by atoms with van der Waals surface area (Å²) in [5.41, 5.74) is 0.748. The van der Waals surface area contributed by atoms with E-state index in [1.165, 1.54) is 32.4 Å². The number of aromatic nitrogens is 4. The van der Waals surface area contributed by atoms with Gasteiger partial charge in [0, 0.05) is 25.6 Å². The second-order valence-corrected chi connectivity index (χ2v) is 7.63. The number of nitrogens with one attached hydrogen (secondary N) is 1. The summed E-state index contributed by atoms with van der Waals surface area (Å²) in [6.07, 6.45) is 8.43. The van der Waals surface area contributed by atoms with Crippen molar-refractivity contribution in [3.63, 3.8) is 0 Å². The Kier molecular flexibility index (Phi) is 5.81. The first-order valence-electron chi connectivity index (χ1n) is 10.2. The minimum atomic E-state index is 0.120. The Balaban J connectivity index is 1.18. The summed E-state index contributed by atoms with van der Waals surface area (Å²) < 4.78 is 1.69. The molecule has 0 spiro atoms. The number of piperidine rings is 2. The topological polar surface area (TPSA) is 78.7 Å². The van der Waals surface area contributed by atoms with Crippen molar-refractivity contribution in [1.29, 1.82) is 0 Å². The second-order valence-electron chi connectivity index (χ2n) is 7.63. The third kappa shape index (κ3) is 4.55. The van der Waals surface area contributed by atoms with E-state index in [0.717, 1.165) is 56.9 Å². The van der Waals surface area contributed by atoms with Gasteiger partial charge in [0.25, 0.3) is 0 Å². The molecule has 4 heterocycles. The summed E-state index contributed by atoms with van der Waals surface area (Å²) in [6, 6.07) is 3.90. The molecule has 8 nitrogen and oxygen atoms in total. The zero-order valence-corrected chi connectivity index (χ0v) is 15.9. The lowest BCUT2D eigenvalue weighted by Crippen LogP contribution is -2.41. The highest BCUT2D eigenvalue weighted by molar-refractivity contribution is 5.78. The molecule has 0 radical (unpaired) electrons. The van der Waals surface area contributed by atoms with Crippen molar-refractivity contribution in [1.82, 2.24) is 30.0 Å². The fourth-order valence-corrected chi connectivity index (χ4v) is 4.10. The van der Waals surface area contributed by atoms with Crippen LogP contribution in [0, 0.1) is 5.92 Å². The van der Waals surface area contributed by atoms with Crippen LogP contribution in [-0.2, 0) is 4.79 Å². The SMILES string of the molecule is O=C(NCCCN1CCCCC1)C1CCN(c2ccc3nncn3n2)CC1. The van der Waals surface area contributed by atoms with Gasteiger partial charge in [-0.25, -0.2) is 0 Å². The van der Waals surface area contributed by atoms with Crippen LogP contribution >= 0.6 is 0 Å². The maximum Gasteiger partial charge on any atom is 0.223 e. The van der Waals surface area contributed by atoms with Gasteiger partial charge in [0.15, 0.2) is 5.65 Å². The number of likely N-dealkylation sites (tertiary alicyclic amines) is 1. The molecule has 0 unspecified atom stereocenters. The number of carbonyl (C=O) groups is 1. The second kappa shape index (κ2) is 8.65. The number of anilines is 1. The molecule has 1 N–H and O–H groups in total. The van der Waals surface area contributed by atoms with Crippen molar-refractivity contribution in [2.24, 2.45) is 5.92 Å². The fourth-order valence-electron chi connectivity index (χ4n) is 4.10. The first-order valence-corrected chi connectivity index (χ1v) is 10.2. The molecule has 2 aromatic rings. The molecule has 0 aliphatic carbocycles. The molecule has 0 atom stereocenters. The van der Waals surface area contributed by atoms with E-state index in [9.17, 15) is 4.79 Å². The van der Waals surface area contributed by atoms with Gasteiger partial charge >= 0.3 is 0 Å². The lowest BCUT2D eigenvalue weighted by Gasteiger charge is -2.32. The minimum absolute atomic E-state index is 0.120. The molecular weight excluding hydrogens is 342 g/mol. The van der Waals surface area contributed by atoms with Gasteiger partial charge in [-0.2, -0.15) is 4.52 Å². The van der Waals surface area contributed by atoms with Crippen LogP contribution in [0.3, 0.4) is 0 Å². The number of hydrogen-bond donors (Lipinski definition) is 1. The van der Waals surface area contributed by atoms with Crippen molar-refractivity contribution < 1.29 is 4.79 Å². The number of fused-ring (bicyclic) bond motifs is 1. The predicted octanol–water partition coefficient (Wildman–Crippen LogP) is 1.33. The molecule has 0 aromatic carbocycles. The third-order valence-electron chi connectivity index (χ3n) is 5.74. The Morgan fingerprint density at radius 1 is 1.11 bits per heavy atom. The van der Waals surface area contributed by atoms with Gasteiger partial charge < -0.3 is 15.1 Å². The number of rotatable bonds is 6. The summed E-state index contributed by atoms with van der Waals surface area (Å²) in [5.74, 6) is 1.26. The molecule has 8 heteroatoms. The molecule has 0 saturated carbocycles. The summed E-state index contributed by atoms with van der Waals surface area (Å²) in [6.45, 7) is 6.05. The Labute approximate surface area is 159 Å². The Hall–Kier alpha value is -2.22. The molecule has 0 bridgehead atoms. The summed E-state index contributed by atoms with van der Waals surface area (Å²) in [5, 5.41) is 15.5. The van der Waals surface area contributed by atoms with Crippen LogP contribution in [-0.4, -0.2) is 69.9 Å². The zero-order valence-electron chi connectivity index (χ0n) is 15.9. The smallest absolute Gasteiger partial charge is 0.223 e. The van der Waals surface area contributed by atoms with Crippen molar-refractivity contribution in [3.05, 3.63) is 18.5 Å². The van der Waals surface area contributed by atoms with E-state index in [4.69, 9.17) is 0 Å². The first kappa shape index (κ1) is 18.2. The minimum Gasteiger partial charge on any atom is -0.356 e. The van der Waals surface area contributed by atoms with Gasteiger partial charge in [-0.3, -0.25) is 4.79 Å². The monoisotopic (exact) mass is 371 g/mol. The molecule has 2 saturated heterocycles. The van der Waals surface area contributed by atoms with E-state index in [-0.39, 0.29) is 11.8 Å². The normalized spacial score (nSPS) is 19.5. The largest absolute Gasteiger partial charge is 0.356 e. The van der Waals surface area contributed by atoms with Crippen molar-refractivity contribution in [2.45, 2.75) is 38.5 Å². The molecule has 2 aliphatic rings. The Morgan fingerprint density at radius 3 is 2.74 bits per heavy atom. The molecular formula is C19H29N7O. The fraction of sp³-hybridized carbons (Fsp3) is 0.684. The van der Waals surface area contributed by atoms with E-state index in [0.29, 0.717) is 0 Å². The maximum absolute atomic E-state index is 12.5. The van der Waals surface area contributed by atoms with E-state index in [1.54, 1.807) is 10.8 Å². The quantitative estimate of drug-likeness (QED) is 0.772. The number of nitrogens with zero attached hydrogens (tertiary/aromatic N) is 6. The predicted molar refractivity (Wildman–Crippen MR) is 104 cm³/mol. The van der Waals surface area contributed by atoms with Gasteiger partial charge in [0.1, 0.15) is 12.1 Å². The van der Waals surface area contributed by atoms with Crippen LogP contribution < -0.4 is 10.2 Å². The van der Waals surface area contributed by atoms with Crippen LogP contribution in [0.1, 0.15) is 38.5 Å². The summed E-state index contributed by atoms with van der Waals surface area (Å²) >= 11 is 0. The highest BCUT2D eigenvalue weighted by atomic mass is 16.1. The average molecular weight is 371 g/mol. The summed E-state index contributed by atoms with van der Waals surface area (Å²) in [7, 11) is 0. The van der Waals surface area contributed by atoms with E-state index >= 15 is 0 Å². The highest BCUT2D eigenvalue weighted by Crippen LogP contribution is 2.22. The van der Waals surface area contributed by atoms with Gasteiger partial charge in [-0.1, -0.05) is 6.42 Å². The molecule has 4 rings (SSSR count). The lowest BCUT2D eigenvalue weighted by atomic mass is 9.96. The van der Waals surface area contributed by atoms with E-state index in [1.807, 2.05) is 12.1 Å². The lowest BCUT2D eigenvalue weighted by molar-refractivity contribution is -0.125. The van der Waals surface area contributed by atoms with Crippen molar-refractivity contribution in [2.75, 3.05) is 44.2 Å². The number of hydrogen-bond acceptors (Lipinski definition) is 6. The van der Waals surface area contributed by atoms with Gasteiger partial charge in [-0.05, 0) is 63.9 Å². The molecule has 2 aromatic heterocycles. The maximum atomic E-state index is 12.5. The number of amides is 1. The van der Waals surface area contributed by atoms with Gasteiger partial charge in [0.2, 0.25) is 5.91 Å². The zero-order chi connectivity index (χ0) is 18.5. The van der Waals surface area contributed by atoms with E-state index < -0.39 is 0 Å². The highest BCUT2D eigenvalue weighted by Gasteiger charge is 2.25. The van der Waals surface area contributed by atoms with E-state index in [2.05, 4.69) is 30.4 Å². The average Bonchev–Trinajstić information content (AvgIpc) is 3.20. The number of carbonyl (C=O) groups excluding carboxylic acids is 1.